The molecule has 2 aromatic heterocycles. The predicted molar refractivity (Wildman–Crippen MR) is 154 cm³/mol. The molecule has 0 saturated carbocycles. The molecular formula is C34H24N3OPt-. The van der Waals surface area contributed by atoms with Gasteiger partial charge in [-0.3, -0.25) is 9.97 Å². The molecule has 0 bridgehead atoms. The van der Waals surface area contributed by atoms with Gasteiger partial charge in [-0.2, -0.15) is 0 Å². The Labute approximate surface area is 242 Å². The Hall–Kier alpha value is -4.53. The second-order valence-corrected chi connectivity index (χ2v) is 8.81. The van der Waals surface area contributed by atoms with Crippen LogP contribution in [0.1, 0.15) is 0 Å². The van der Waals surface area contributed by atoms with Crippen LogP contribution >= 0.6 is 0 Å². The maximum atomic E-state index is 10.7. The van der Waals surface area contributed by atoms with Gasteiger partial charge in [0.05, 0.1) is 5.69 Å². The van der Waals surface area contributed by atoms with Crippen molar-refractivity contribution in [2.75, 3.05) is 4.90 Å². The van der Waals surface area contributed by atoms with Gasteiger partial charge in [0, 0.05) is 61.3 Å². The Balaban J connectivity index is 0.00000308. The second kappa shape index (κ2) is 11.9. The summed E-state index contributed by atoms with van der Waals surface area (Å²) in [6.45, 7) is 0. The van der Waals surface area contributed by atoms with Crippen LogP contribution in [0.15, 0.2) is 140 Å². The number of aromatic hydroxyl groups is 1. The number of anilines is 3. The quantitative estimate of drug-likeness (QED) is 0.179. The number of para-hydroxylation sites is 3. The van der Waals surface area contributed by atoms with Crippen molar-refractivity contribution in [2.45, 2.75) is 0 Å². The Morgan fingerprint density at radius 1 is 0.538 bits per heavy atom. The van der Waals surface area contributed by atoms with E-state index < -0.39 is 0 Å². The standard InChI is InChI=1S/C34H24N3O.Pt/c38-34-20-8-7-18-30(34)33-24-29(37(27-14-3-1-4-15-27)28-16-5-2-6-17-28)23-32(36-33)26-13-11-12-25(22-26)31-19-9-10-21-35-31;/h1-21,23-24,38H;/q-1;. The van der Waals surface area contributed by atoms with Crippen LogP contribution in [-0.2, 0) is 21.1 Å². The van der Waals surface area contributed by atoms with Crippen molar-refractivity contribution in [1.29, 1.82) is 0 Å². The number of phenolic OH excluding ortho intramolecular Hbond substituents is 1. The topological polar surface area (TPSA) is 49.2 Å². The summed E-state index contributed by atoms with van der Waals surface area (Å²) in [6, 6.07) is 47.2. The monoisotopic (exact) mass is 685 g/mol. The third-order valence-corrected chi connectivity index (χ3v) is 6.29. The van der Waals surface area contributed by atoms with E-state index in [9.17, 15) is 5.11 Å². The molecule has 0 radical (unpaired) electrons. The maximum Gasteiger partial charge on any atom is 0.124 e. The third-order valence-electron chi connectivity index (χ3n) is 6.29. The molecule has 0 spiro atoms. The van der Waals surface area contributed by atoms with Crippen molar-refractivity contribution >= 4 is 17.1 Å². The molecule has 0 aliphatic rings. The van der Waals surface area contributed by atoms with Gasteiger partial charge in [-0.1, -0.05) is 71.8 Å². The van der Waals surface area contributed by atoms with Crippen LogP contribution in [-0.4, -0.2) is 15.1 Å². The molecule has 0 aliphatic heterocycles. The van der Waals surface area contributed by atoms with Crippen LogP contribution in [0.5, 0.6) is 5.75 Å². The number of rotatable bonds is 6. The van der Waals surface area contributed by atoms with E-state index >= 15 is 0 Å². The molecule has 0 amide bonds. The Morgan fingerprint density at radius 3 is 1.77 bits per heavy atom. The summed E-state index contributed by atoms with van der Waals surface area (Å²) >= 11 is 0. The molecule has 6 rings (SSSR count). The van der Waals surface area contributed by atoms with E-state index in [1.165, 1.54) is 0 Å². The fraction of sp³-hybridized carbons (Fsp3) is 0. The zero-order chi connectivity index (χ0) is 25.7. The normalized spacial score (nSPS) is 10.5. The Morgan fingerprint density at radius 2 is 1.13 bits per heavy atom. The number of phenols is 1. The van der Waals surface area contributed by atoms with E-state index in [1.807, 2.05) is 97.1 Å². The second-order valence-electron chi connectivity index (χ2n) is 8.81. The summed E-state index contributed by atoms with van der Waals surface area (Å²) in [5.74, 6) is 0.181. The first kappa shape index (κ1) is 26.1. The van der Waals surface area contributed by atoms with E-state index in [0.717, 1.165) is 39.6 Å². The van der Waals surface area contributed by atoms with Gasteiger partial charge in [0.25, 0.3) is 0 Å². The van der Waals surface area contributed by atoms with E-state index in [2.05, 4.69) is 46.3 Å². The number of aromatic nitrogens is 2. The van der Waals surface area contributed by atoms with Gasteiger partial charge in [-0.25, -0.2) is 0 Å². The number of nitrogens with zero attached hydrogens (tertiary/aromatic N) is 3. The Kier molecular flexibility index (Phi) is 7.96. The molecule has 0 aliphatic carbocycles. The number of hydrogen-bond donors (Lipinski definition) is 1. The van der Waals surface area contributed by atoms with Crippen LogP contribution in [0, 0.1) is 6.07 Å². The zero-order valence-electron chi connectivity index (χ0n) is 20.9. The molecule has 0 atom stereocenters. The molecule has 6 aromatic rings. The van der Waals surface area contributed by atoms with Crippen LogP contribution in [0.4, 0.5) is 17.1 Å². The number of pyridine rings is 2. The summed E-state index contributed by atoms with van der Waals surface area (Å²) in [4.78, 5) is 11.7. The fourth-order valence-electron chi connectivity index (χ4n) is 4.50. The smallest absolute Gasteiger partial charge is 0.124 e. The van der Waals surface area contributed by atoms with Crippen molar-refractivity contribution in [1.82, 2.24) is 9.97 Å². The average molecular weight is 686 g/mol. The van der Waals surface area contributed by atoms with Gasteiger partial charge in [0.1, 0.15) is 5.75 Å². The summed E-state index contributed by atoms with van der Waals surface area (Å²) in [6.07, 6.45) is 1.78. The van der Waals surface area contributed by atoms with Crippen molar-refractivity contribution in [3.63, 3.8) is 0 Å². The third kappa shape index (κ3) is 5.67. The van der Waals surface area contributed by atoms with Crippen molar-refractivity contribution < 1.29 is 26.2 Å². The van der Waals surface area contributed by atoms with Crippen molar-refractivity contribution in [3.05, 3.63) is 146 Å². The average Bonchev–Trinajstić information content (AvgIpc) is 2.99. The van der Waals surface area contributed by atoms with Crippen LogP contribution in [0.2, 0.25) is 0 Å². The molecule has 0 fully saturated rings. The van der Waals surface area contributed by atoms with Crippen LogP contribution in [0.3, 0.4) is 0 Å². The molecule has 39 heavy (non-hydrogen) atoms. The van der Waals surface area contributed by atoms with Gasteiger partial charge in [-0.15, -0.1) is 24.3 Å². The molecule has 4 nitrogen and oxygen atoms in total. The van der Waals surface area contributed by atoms with Gasteiger partial charge in [0.15, 0.2) is 0 Å². The van der Waals surface area contributed by atoms with Gasteiger partial charge < -0.3 is 10.0 Å². The maximum absolute atomic E-state index is 10.7. The molecule has 1 N–H and O–H groups in total. The molecule has 5 heteroatoms. The van der Waals surface area contributed by atoms with E-state index in [4.69, 9.17) is 4.98 Å². The van der Waals surface area contributed by atoms with Crippen molar-refractivity contribution in [2.24, 2.45) is 0 Å². The molecule has 0 unspecified atom stereocenters. The molecule has 2 heterocycles. The first-order chi connectivity index (χ1) is 18.8. The minimum absolute atomic E-state index is 0. The first-order valence-corrected chi connectivity index (χ1v) is 12.4. The van der Waals surface area contributed by atoms with Gasteiger partial charge >= 0.3 is 0 Å². The molecular weight excluding hydrogens is 661 g/mol. The van der Waals surface area contributed by atoms with Crippen molar-refractivity contribution in [3.8, 4) is 39.5 Å². The summed E-state index contributed by atoms with van der Waals surface area (Å²) in [5.41, 5.74) is 7.62. The molecule has 0 saturated heterocycles. The minimum Gasteiger partial charge on any atom is -0.507 e. The number of hydrogen-bond acceptors (Lipinski definition) is 4. The van der Waals surface area contributed by atoms with E-state index in [1.54, 1.807) is 12.3 Å². The predicted octanol–water partition coefficient (Wildman–Crippen LogP) is 8.45. The van der Waals surface area contributed by atoms with E-state index in [-0.39, 0.29) is 26.8 Å². The van der Waals surface area contributed by atoms with Crippen LogP contribution in [0.25, 0.3) is 33.8 Å². The SMILES string of the molecule is Oc1ccccc1-c1cc(N(c2ccccc2)c2ccccc2)cc(-c2[c-]c(-c3ccccn3)ccc2)n1.[Pt]. The van der Waals surface area contributed by atoms with Gasteiger partial charge in [0.2, 0.25) is 0 Å². The molecule has 4 aromatic carbocycles. The van der Waals surface area contributed by atoms with Gasteiger partial charge in [-0.05, 0) is 54.6 Å². The summed E-state index contributed by atoms with van der Waals surface area (Å²) < 4.78 is 0. The minimum atomic E-state index is 0. The Bertz CT molecular complexity index is 1640. The first-order valence-electron chi connectivity index (χ1n) is 12.4. The largest absolute Gasteiger partial charge is 0.507 e. The fourth-order valence-corrected chi connectivity index (χ4v) is 4.50. The molecule has 192 valence electrons. The zero-order valence-corrected chi connectivity index (χ0v) is 23.2. The van der Waals surface area contributed by atoms with E-state index in [0.29, 0.717) is 11.3 Å². The summed E-state index contributed by atoms with van der Waals surface area (Å²) in [5, 5.41) is 10.7. The van der Waals surface area contributed by atoms with Crippen LogP contribution < -0.4 is 4.90 Å². The number of benzene rings is 4. The summed E-state index contributed by atoms with van der Waals surface area (Å²) in [7, 11) is 0.